The zero-order valence-electron chi connectivity index (χ0n) is 13.9. The van der Waals surface area contributed by atoms with Crippen molar-refractivity contribution in [3.8, 4) is 0 Å². The molecule has 0 bridgehead atoms. The number of hydrogen-bond acceptors (Lipinski definition) is 7. The summed E-state index contributed by atoms with van der Waals surface area (Å²) in [4.78, 5) is 21.0. The maximum atomic E-state index is 12.1. The molecular formula is C16H20N4O3S2. The van der Waals surface area contributed by atoms with Crippen LogP contribution < -0.4 is 10.6 Å². The quantitative estimate of drug-likeness (QED) is 0.578. The molecule has 1 aromatic heterocycles. The Kier molecular flexibility index (Phi) is 5.43. The number of nitrogens with one attached hydrogen (secondary N) is 2. The number of nitrogens with zero attached hydrogens (tertiary/aromatic N) is 2. The molecule has 0 unspecified atom stereocenters. The second-order valence-electron chi connectivity index (χ2n) is 5.86. The highest BCUT2D eigenvalue weighted by molar-refractivity contribution is 7.99. The van der Waals surface area contributed by atoms with Gasteiger partial charge in [-0.1, -0.05) is 23.9 Å². The van der Waals surface area contributed by atoms with Crippen molar-refractivity contribution in [1.82, 2.24) is 15.3 Å². The second-order valence-corrected chi connectivity index (χ2v) is 9.03. The number of amides is 1. The van der Waals surface area contributed by atoms with Crippen LogP contribution in [0.2, 0.25) is 0 Å². The summed E-state index contributed by atoms with van der Waals surface area (Å²) >= 11 is 1.24. The highest BCUT2D eigenvalue weighted by atomic mass is 32.2. The number of fused-ring (bicyclic) bond motifs is 1. The Bertz CT molecular complexity index is 886. The molecule has 25 heavy (non-hydrogen) atoms. The largest absolute Gasteiger partial charge is 0.370 e. The van der Waals surface area contributed by atoms with E-state index in [1.165, 1.54) is 11.8 Å². The van der Waals surface area contributed by atoms with Gasteiger partial charge in [-0.15, -0.1) is 0 Å². The summed E-state index contributed by atoms with van der Waals surface area (Å²) in [5.74, 6) is 0.873. The van der Waals surface area contributed by atoms with Crippen LogP contribution in [0.5, 0.6) is 0 Å². The van der Waals surface area contributed by atoms with Gasteiger partial charge in [0.05, 0.1) is 22.8 Å². The van der Waals surface area contributed by atoms with Crippen molar-refractivity contribution in [2.24, 2.45) is 0 Å². The van der Waals surface area contributed by atoms with Crippen molar-refractivity contribution >= 4 is 44.2 Å². The zero-order chi connectivity index (χ0) is 17.9. The van der Waals surface area contributed by atoms with E-state index in [9.17, 15) is 13.2 Å². The predicted molar refractivity (Wildman–Crippen MR) is 99.6 cm³/mol. The molecule has 1 amide bonds. The zero-order valence-corrected chi connectivity index (χ0v) is 15.5. The molecule has 1 aliphatic rings. The van der Waals surface area contributed by atoms with Crippen molar-refractivity contribution in [3.63, 3.8) is 0 Å². The molecule has 2 aromatic rings. The lowest BCUT2D eigenvalue weighted by Gasteiger charge is -2.11. The molecule has 9 heteroatoms. The van der Waals surface area contributed by atoms with Crippen LogP contribution in [0, 0.1) is 0 Å². The molecule has 1 aliphatic heterocycles. The van der Waals surface area contributed by atoms with Crippen LogP contribution in [-0.4, -0.2) is 54.1 Å². The number of para-hydroxylation sites is 1. The summed E-state index contributed by atoms with van der Waals surface area (Å²) < 4.78 is 22.9. The molecule has 0 spiro atoms. The molecule has 7 nitrogen and oxygen atoms in total. The average Bonchev–Trinajstić information content (AvgIpc) is 2.92. The molecule has 2 N–H and O–H groups in total. The lowest BCUT2D eigenvalue weighted by atomic mass is 10.2. The Morgan fingerprint density at radius 3 is 2.84 bits per heavy atom. The van der Waals surface area contributed by atoms with Gasteiger partial charge in [-0.25, -0.2) is 18.4 Å². The van der Waals surface area contributed by atoms with Gasteiger partial charge in [0, 0.05) is 18.0 Å². The number of carbonyl (C=O) groups excluding carboxylic acids is 1. The van der Waals surface area contributed by atoms with Crippen LogP contribution in [0.15, 0.2) is 29.4 Å². The number of anilines is 1. The van der Waals surface area contributed by atoms with Crippen LogP contribution in [0.25, 0.3) is 10.9 Å². The number of benzene rings is 1. The third-order valence-corrected chi connectivity index (χ3v) is 6.47. The van der Waals surface area contributed by atoms with Gasteiger partial charge < -0.3 is 10.6 Å². The molecule has 1 saturated heterocycles. The Morgan fingerprint density at radius 2 is 2.12 bits per heavy atom. The molecule has 0 radical (unpaired) electrons. The first kappa shape index (κ1) is 17.9. The molecule has 3 rings (SSSR count). The van der Waals surface area contributed by atoms with E-state index < -0.39 is 9.84 Å². The summed E-state index contributed by atoms with van der Waals surface area (Å²) in [5.41, 5.74) is 0.818. The second kappa shape index (κ2) is 7.57. The van der Waals surface area contributed by atoms with Gasteiger partial charge >= 0.3 is 0 Å². The molecule has 2 heterocycles. The van der Waals surface area contributed by atoms with Gasteiger partial charge in [0.15, 0.2) is 15.0 Å². The number of carbonyl (C=O) groups is 1. The third kappa shape index (κ3) is 4.60. The van der Waals surface area contributed by atoms with Gasteiger partial charge in [-0.3, -0.25) is 4.79 Å². The number of hydrogen-bond donors (Lipinski definition) is 2. The van der Waals surface area contributed by atoms with Gasteiger partial charge in [0.2, 0.25) is 5.91 Å². The molecule has 134 valence electrons. The average molecular weight is 380 g/mol. The van der Waals surface area contributed by atoms with E-state index >= 15 is 0 Å². The summed E-state index contributed by atoms with van der Waals surface area (Å²) in [5, 5.41) is 7.44. The van der Waals surface area contributed by atoms with Crippen molar-refractivity contribution < 1.29 is 13.2 Å². The van der Waals surface area contributed by atoms with E-state index in [2.05, 4.69) is 20.6 Å². The Morgan fingerprint density at radius 1 is 1.32 bits per heavy atom. The molecule has 0 aliphatic carbocycles. The van der Waals surface area contributed by atoms with Gasteiger partial charge in [-0.05, 0) is 25.5 Å². The minimum atomic E-state index is -3.00. The summed E-state index contributed by atoms with van der Waals surface area (Å²) in [6.07, 6.45) is 0.482. The van der Waals surface area contributed by atoms with Crippen LogP contribution in [0.3, 0.4) is 0 Å². The fraction of sp³-hybridized carbons (Fsp3) is 0.438. The Labute approximate surface area is 150 Å². The van der Waals surface area contributed by atoms with Gasteiger partial charge in [0.1, 0.15) is 5.82 Å². The minimum absolute atomic E-state index is 0.0282. The van der Waals surface area contributed by atoms with E-state index in [0.29, 0.717) is 11.6 Å². The lowest BCUT2D eigenvalue weighted by Crippen LogP contribution is -2.36. The SMILES string of the molecule is CCNc1nc(SCC(=O)N[C@@H]2CCS(=O)(=O)C2)nc2ccccc12. The lowest BCUT2D eigenvalue weighted by molar-refractivity contribution is -0.119. The van der Waals surface area contributed by atoms with E-state index in [4.69, 9.17) is 0 Å². The number of sulfone groups is 1. The molecule has 0 saturated carbocycles. The van der Waals surface area contributed by atoms with Crippen LogP contribution in [0.4, 0.5) is 5.82 Å². The maximum absolute atomic E-state index is 12.1. The number of thioether (sulfide) groups is 1. The Balaban J connectivity index is 1.65. The fourth-order valence-electron chi connectivity index (χ4n) is 2.73. The van der Waals surface area contributed by atoms with E-state index in [0.717, 1.165) is 23.3 Å². The van der Waals surface area contributed by atoms with Crippen LogP contribution in [-0.2, 0) is 14.6 Å². The maximum Gasteiger partial charge on any atom is 0.230 e. The van der Waals surface area contributed by atoms with Crippen molar-refractivity contribution in [2.45, 2.75) is 24.5 Å². The van der Waals surface area contributed by atoms with Crippen molar-refractivity contribution in [2.75, 3.05) is 29.1 Å². The van der Waals surface area contributed by atoms with Crippen molar-refractivity contribution in [1.29, 1.82) is 0 Å². The van der Waals surface area contributed by atoms with Crippen LogP contribution in [0.1, 0.15) is 13.3 Å². The van der Waals surface area contributed by atoms with Crippen molar-refractivity contribution in [3.05, 3.63) is 24.3 Å². The summed E-state index contributed by atoms with van der Waals surface area (Å²) in [6, 6.07) is 7.42. The fourth-order valence-corrected chi connectivity index (χ4v) is 5.07. The number of aromatic nitrogens is 2. The highest BCUT2D eigenvalue weighted by Gasteiger charge is 2.28. The van der Waals surface area contributed by atoms with Crippen LogP contribution >= 0.6 is 11.8 Å². The smallest absolute Gasteiger partial charge is 0.230 e. The molecule has 1 aromatic carbocycles. The minimum Gasteiger partial charge on any atom is -0.370 e. The first-order chi connectivity index (χ1) is 12.0. The normalized spacial score (nSPS) is 19.0. The predicted octanol–water partition coefficient (Wildman–Crippen LogP) is 1.46. The topological polar surface area (TPSA) is 101 Å². The Hall–Kier alpha value is -1.87. The third-order valence-electron chi connectivity index (χ3n) is 3.86. The van der Waals surface area contributed by atoms with Gasteiger partial charge in [-0.2, -0.15) is 0 Å². The molecule has 1 atom stereocenters. The monoisotopic (exact) mass is 380 g/mol. The van der Waals surface area contributed by atoms with E-state index in [1.54, 1.807) is 0 Å². The molecular weight excluding hydrogens is 360 g/mol. The first-order valence-electron chi connectivity index (χ1n) is 8.10. The highest BCUT2D eigenvalue weighted by Crippen LogP contribution is 2.24. The van der Waals surface area contributed by atoms with Gasteiger partial charge in [0.25, 0.3) is 0 Å². The van der Waals surface area contributed by atoms with E-state index in [1.807, 2.05) is 31.2 Å². The standard InChI is InChI=1S/C16H20N4O3S2/c1-2-17-15-12-5-3-4-6-13(12)19-16(20-15)24-9-14(21)18-11-7-8-25(22,23)10-11/h3-6,11H,2,7-10H2,1H3,(H,18,21)(H,17,19,20)/t11-/m1/s1. The first-order valence-corrected chi connectivity index (χ1v) is 10.9. The van der Waals surface area contributed by atoms with E-state index in [-0.39, 0.29) is 29.2 Å². The molecule has 1 fully saturated rings. The number of rotatable bonds is 6. The summed E-state index contributed by atoms with van der Waals surface area (Å²) in [7, 11) is -3.00. The summed E-state index contributed by atoms with van der Waals surface area (Å²) in [6.45, 7) is 2.73.